The number of ether oxygens (including phenoxy) is 3. The fraction of sp³-hybridized carbons (Fsp3) is 0.150. The van der Waals surface area contributed by atoms with Crippen LogP contribution in [0.2, 0.25) is 0 Å². The molecule has 0 aliphatic rings. The number of hydrogen-bond donors (Lipinski definition) is 2. The molecular formula is C20H20N4O4. The van der Waals surface area contributed by atoms with E-state index in [4.69, 9.17) is 14.2 Å². The van der Waals surface area contributed by atoms with E-state index in [9.17, 15) is 4.79 Å². The average Bonchev–Trinajstić information content (AvgIpc) is 2.73. The highest BCUT2D eigenvalue weighted by atomic mass is 16.5. The van der Waals surface area contributed by atoms with E-state index in [0.717, 1.165) is 0 Å². The van der Waals surface area contributed by atoms with Crippen LogP contribution in [0.3, 0.4) is 0 Å². The lowest BCUT2D eigenvalue weighted by Crippen LogP contribution is -2.14. The smallest absolute Gasteiger partial charge is 0.274 e. The third-order valence-corrected chi connectivity index (χ3v) is 3.84. The Kier molecular flexibility index (Phi) is 5.91. The van der Waals surface area contributed by atoms with E-state index in [1.807, 2.05) is 18.2 Å². The van der Waals surface area contributed by atoms with E-state index < -0.39 is 0 Å². The van der Waals surface area contributed by atoms with Crippen LogP contribution in [0.15, 0.2) is 54.7 Å². The van der Waals surface area contributed by atoms with Crippen molar-refractivity contribution in [3.8, 4) is 17.2 Å². The third kappa shape index (κ3) is 4.29. The van der Waals surface area contributed by atoms with Crippen molar-refractivity contribution in [3.63, 3.8) is 0 Å². The average molecular weight is 380 g/mol. The lowest BCUT2D eigenvalue weighted by atomic mass is 10.2. The number of aromatic nitrogens is 2. The summed E-state index contributed by atoms with van der Waals surface area (Å²) < 4.78 is 16.0. The maximum absolute atomic E-state index is 12.4. The fourth-order valence-corrected chi connectivity index (χ4v) is 2.54. The van der Waals surface area contributed by atoms with Gasteiger partial charge in [0.25, 0.3) is 5.91 Å². The van der Waals surface area contributed by atoms with Gasteiger partial charge >= 0.3 is 0 Å². The van der Waals surface area contributed by atoms with Crippen molar-refractivity contribution in [2.75, 3.05) is 32.0 Å². The molecule has 3 rings (SSSR count). The number of para-hydroxylation sites is 1. The van der Waals surface area contributed by atoms with Crippen LogP contribution in [0.25, 0.3) is 0 Å². The van der Waals surface area contributed by atoms with Crippen molar-refractivity contribution in [1.82, 2.24) is 9.97 Å². The molecule has 0 atom stereocenters. The van der Waals surface area contributed by atoms with E-state index >= 15 is 0 Å². The maximum atomic E-state index is 12.4. The van der Waals surface area contributed by atoms with Crippen LogP contribution in [-0.4, -0.2) is 37.2 Å². The summed E-state index contributed by atoms with van der Waals surface area (Å²) in [5.74, 6) is 1.38. The summed E-state index contributed by atoms with van der Waals surface area (Å²) in [5.41, 5.74) is 1.54. The van der Waals surface area contributed by atoms with Crippen LogP contribution in [0.4, 0.5) is 17.3 Å². The molecule has 0 saturated carbocycles. The first-order valence-electron chi connectivity index (χ1n) is 8.41. The first-order valence-corrected chi connectivity index (χ1v) is 8.41. The number of nitrogens with zero attached hydrogens (tertiary/aromatic N) is 2. The highest BCUT2D eigenvalue weighted by Gasteiger charge is 2.14. The third-order valence-electron chi connectivity index (χ3n) is 3.84. The van der Waals surface area contributed by atoms with Crippen molar-refractivity contribution in [3.05, 3.63) is 60.4 Å². The van der Waals surface area contributed by atoms with Gasteiger partial charge in [0.15, 0.2) is 11.5 Å². The molecule has 0 saturated heterocycles. The van der Waals surface area contributed by atoms with E-state index in [0.29, 0.717) is 28.6 Å². The number of rotatable bonds is 7. The summed E-state index contributed by atoms with van der Waals surface area (Å²) in [6, 6.07) is 14.1. The SMILES string of the molecule is COc1cc(Nc2nccc(C(=O)Nc3ccccc3)n2)cc(OC)c1OC. The molecule has 0 radical (unpaired) electrons. The van der Waals surface area contributed by atoms with Gasteiger partial charge in [0.2, 0.25) is 11.7 Å². The molecule has 2 aromatic carbocycles. The number of nitrogens with one attached hydrogen (secondary N) is 2. The second kappa shape index (κ2) is 8.72. The first kappa shape index (κ1) is 19.0. The zero-order valence-electron chi connectivity index (χ0n) is 15.7. The summed E-state index contributed by atoms with van der Waals surface area (Å²) >= 11 is 0. The quantitative estimate of drug-likeness (QED) is 0.648. The van der Waals surface area contributed by atoms with Crippen LogP contribution in [0, 0.1) is 0 Å². The Morgan fingerprint density at radius 3 is 2.18 bits per heavy atom. The van der Waals surface area contributed by atoms with Gasteiger partial charge in [0, 0.05) is 29.7 Å². The molecule has 8 heteroatoms. The fourth-order valence-electron chi connectivity index (χ4n) is 2.54. The number of carbonyl (C=O) groups is 1. The Labute approximate surface area is 162 Å². The Morgan fingerprint density at radius 2 is 1.57 bits per heavy atom. The lowest BCUT2D eigenvalue weighted by Gasteiger charge is -2.14. The van der Waals surface area contributed by atoms with Crippen LogP contribution in [0.5, 0.6) is 17.2 Å². The predicted octanol–water partition coefficient (Wildman–Crippen LogP) is 3.50. The van der Waals surface area contributed by atoms with E-state index in [1.54, 1.807) is 30.3 Å². The van der Waals surface area contributed by atoms with Crippen molar-refractivity contribution in [1.29, 1.82) is 0 Å². The standard InChI is InChI=1S/C20H20N4O4/c1-26-16-11-14(12-17(27-2)18(16)28-3)23-20-21-10-9-15(24-20)19(25)22-13-7-5-4-6-8-13/h4-12H,1-3H3,(H,22,25)(H,21,23,24). The largest absolute Gasteiger partial charge is 0.493 e. The molecule has 8 nitrogen and oxygen atoms in total. The summed E-state index contributed by atoms with van der Waals surface area (Å²) in [6.45, 7) is 0. The molecule has 2 N–H and O–H groups in total. The molecule has 3 aromatic rings. The zero-order chi connectivity index (χ0) is 19.9. The molecule has 0 aliphatic carbocycles. The van der Waals surface area contributed by atoms with Gasteiger partial charge in [0.05, 0.1) is 21.3 Å². The van der Waals surface area contributed by atoms with Crippen LogP contribution in [0.1, 0.15) is 10.5 Å². The van der Waals surface area contributed by atoms with Gasteiger partial charge in [-0.05, 0) is 18.2 Å². The molecule has 1 heterocycles. The Hall–Kier alpha value is -3.81. The zero-order valence-corrected chi connectivity index (χ0v) is 15.7. The summed E-state index contributed by atoms with van der Waals surface area (Å²) in [6.07, 6.45) is 1.51. The number of amides is 1. The second-order valence-electron chi connectivity index (χ2n) is 5.62. The Balaban J connectivity index is 1.82. The van der Waals surface area contributed by atoms with Gasteiger partial charge in [-0.3, -0.25) is 4.79 Å². The monoisotopic (exact) mass is 380 g/mol. The lowest BCUT2D eigenvalue weighted by molar-refractivity contribution is 0.102. The maximum Gasteiger partial charge on any atom is 0.274 e. The predicted molar refractivity (Wildman–Crippen MR) is 106 cm³/mol. The van der Waals surface area contributed by atoms with Gasteiger partial charge in [-0.15, -0.1) is 0 Å². The molecule has 0 unspecified atom stereocenters. The van der Waals surface area contributed by atoms with Gasteiger partial charge in [-0.25, -0.2) is 9.97 Å². The number of hydrogen-bond acceptors (Lipinski definition) is 7. The number of carbonyl (C=O) groups excluding carboxylic acids is 1. The topological polar surface area (TPSA) is 94.6 Å². The van der Waals surface area contributed by atoms with Crippen LogP contribution < -0.4 is 24.8 Å². The molecule has 28 heavy (non-hydrogen) atoms. The van der Waals surface area contributed by atoms with Gasteiger partial charge in [0.1, 0.15) is 5.69 Å². The normalized spacial score (nSPS) is 10.1. The second-order valence-corrected chi connectivity index (χ2v) is 5.62. The molecule has 144 valence electrons. The van der Waals surface area contributed by atoms with Crippen molar-refractivity contribution in [2.24, 2.45) is 0 Å². The Morgan fingerprint density at radius 1 is 0.893 bits per heavy atom. The number of methoxy groups -OCH3 is 3. The summed E-state index contributed by atoms with van der Waals surface area (Å²) in [7, 11) is 4.60. The highest BCUT2D eigenvalue weighted by molar-refractivity contribution is 6.02. The van der Waals surface area contributed by atoms with E-state index in [1.165, 1.54) is 27.5 Å². The van der Waals surface area contributed by atoms with Gasteiger partial charge in [-0.1, -0.05) is 18.2 Å². The summed E-state index contributed by atoms with van der Waals surface area (Å²) in [4.78, 5) is 20.9. The molecule has 0 aliphatic heterocycles. The molecular weight excluding hydrogens is 360 g/mol. The van der Waals surface area contributed by atoms with Crippen molar-refractivity contribution < 1.29 is 19.0 Å². The van der Waals surface area contributed by atoms with Gasteiger partial charge in [-0.2, -0.15) is 0 Å². The van der Waals surface area contributed by atoms with Crippen LogP contribution >= 0.6 is 0 Å². The first-order chi connectivity index (χ1) is 13.6. The van der Waals surface area contributed by atoms with Gasteiger partial charge < -0.3 is 24.8 Å². The van der Waals surface area contributed by atoms with Crippen molar-refractivity contribution >= 4 is 23.2 Å². The summed E-state index contributed by atoms with van der Waals surface area (Å²) in [5, 5.41) is 5.83. The molecule has 1 amide bonds. The molecule has 0 spiro atoms. The van der Waals surface area contributed by atoms with E-state index in [2.05, 4.69) is 20.6 Å². The minimum absolute atomic E-state index is 0.230. The Bertz CT molecular complexity index is 938. The molecule has 0 bridgehead atoms. The highest BCUT2D eigenvalue weighted by Crippen LogP contribution is 2.40. The van der Waals surface area contributed by atoms with Crippen molar-refractivity contribution in [2.45, 2.75) is 0 Å². The number of anilines is 3. The van der Waals surface area contributed by atoms with E-state index in [-0.39, 0.29) is 17.5 Å². The number of benzene rings is 2. The van der Waals surface area contributed by atoms with Crippen LogP contribution in [-0.2, 0) is 0 Å². The molecule has 1 aromatic heterocycles. The minimum Gasteiger partial charge on any atom is -0.493 e. The minimum atomic E-state index is -0.332. The molecule has 0 fully saturated rings.